The van der Waals surface area contributed by atoms with Gasteiger partial charge in [-0.1, -0.05) is 12.1 Å². The first-order valence-corrected chi connectivity index (χ1v) is 11.0. The molecule has 6 heteroatoms. The minimum absolute atomic E-state index is 0.0307. The minimum atomic E-state index is -0.210. The number of nitrogens with zero attached hydrogens (tertiary/aromatic N) is 3. The molecule has 1 aliphatic carbocycles. The van der Waals surface area contributed by atoms with Gasteiger partial charge >= 0.3 is 0 Å². The van der Waals surface area contributed by atoms with Crippen molar-refractivity contribution in [2.75, 3.05) is 13.7 Å². The molecule has 2 aromatic carbocycles. The summed E-state index contributed by atoms with van der Waals surface area (Å²) in [6, 6.07) is 10.9. The Balaban J connectivity index is 1.42. The average Bonchev–Trinajstić information content (AvgIpc) is 3.41. The average molecular weight is 432 g/mol. The highest BCUT2D eigenvalue weighted by Gasteiger charge is 2.34. The highest BCUT2D eigenvalue weighted by atomic mass is 19.1. The topological polar surface area (TPSA) is 47.4 Å². The summed E-state index contributed by atoms with van der Waals surface area (Å²) in [5.41, 5.74) is 5.68. The Hall–Kier alpha value is -3.41. The van der Waals surface area contributed by atoms with Crippen LogP contribution in [-0.4, -0.2) is 34.0 Å². The molecule has 2 heterocycles. The molecule has 0 N–H and O–H groups in total. The molecule has 3 aromatic rings. The summed E-state index contributed by atoms with van der Waals surface area (Å²) in [5.74, 6) is 0.591. The van der Waals surface area contributed by atoms with E-state index in [0.29, 0.717) is 0 Å². The standard InChI is InChI=1S/C26H26FN3O2/c1-17-15-29(16-28-17)24-9-5-18(13-25(24)32-2)12-20-4-3-11-30(26(20)31)23-10-6-19-14-21(27)7-8-22(19)23/h5,7-9,12-16,23H,3-4,6,10-11H2,1-2H3/t23-/m0/s1. The van der Waals surface area contributed by atoms with E-state index >= 15 is 0 Å². The molecule has 1 atom stereocenters. The van der Waals surface area contributed by atoms with Gasteiger partial charge in [-0.3, -0.25) is 4.79 Å². The molecule has 1 aromatic heterocycles. The molecule has 0 saturated carbocycles. The van der Waals surface area contributed by atoms with E-state index in [0.717, 1.165) is 71.6 Å². The molecule has 1 saturated heterocycles. The van der Waals surface area contributed by atoms with Crippen molar-refractivity contribution >= 4 is 12.0 Å². The third-order valence-electron chi connectivity index (χ3n) is 6.44. The molecule has 1 fully saturated rings. The van der Waals surface area contributed by atoms with Crippen LogP contribution < -0.4 is 4.74 Å². The van der Waals surface area contributed by atoms with Crippen LogP contribution in [0.2, 0.25) is 0 Å². The fourth-order valence-electron chi connectivity index (χ4n) is 4.90. The van der Waals surface area contributed by atoms with Crippen LogP contribution in [-0.2, 0) is 11.2 Å². The molecule has 32 heavy (non-hydrogen) atoms. The Morgan fingerprint density at radius 3 is 2.84 bits per heavy atom. The van der Waals surface area contributed by atoms with Gasteiger partial charge in [0.05, 0.1) is 30.9 Å². The van der Waals surface area contributed by atoms with Crippen LogP contribution in [0.15, 0.2) is 54.5 Å². The van der Waals surface area contributed by atoms with Gasteiger partial charge in [0, 0.05) is 18.3 Å². The maximum Gasteiger partial charge on any atom is 0.250 e. The van der Waals surface area contributed by atoms with Gasteiger partial charge in [-0.2, -0.15) is 0 Å². The highest BCUT2D eigenvalue weighted by Crippen LogP contribution is 2.39. The summed E-state index contributed by atoms with van der Waals surface area (Å²) >= 11 is 0. The number of ether oxygens (including phenoxy) is 1. The molecule has 5 rings (SSSR count). The minimum Gasteiger partial charge on any atom is -0.495 e. The molecular formula is C26H26FN3O2. The van der Waals surface area contributed by atoms with Gasteiger partial charge in [0.15, 0.2) is 0 Å². The zero-order valence-electron chi connectivity index (χ0n) is 18.3. The Kier molecular flexibility index (Phi) is 5.29. The van der Waals surface area contributed by atoms with Crippen molar-refractivity contribution in [3.63, 3.8) is 0 Å². The third-order valence-corrected chi connectivity index (χ3v) is 6.44. The lowest BCUT2D eigenvalue weighted by Gasteiger charge is -2.34. The van der Waals surface area contributed by atoms with E-state index in [2.05, 4.69) is 4.98 Å². The number of aromatic nitrogens is 2. The predicted octanol–water partition coefficient (Wildman–Crippen LogP) is 5.02. The van der Waals surface area contributed by atoms with E-state index in [1.54, 1.807) is 19.5 Å². The fraction of sp³-hybridized carbons (Fsp3) is 0.308. The first-order valence-electron chi connectivity index (χ1n) is 11.0. The maximum absolute atomic E-state index is 13.6. The van der Waals surface area contributed by atoms with Crippen molar-refractivity contribution in [3.05, 3.63) is 82.7 Å². The van der Waals surface area contributed by atoms with Gasteiger partial charge in [-0.25, -0.2) is 9.37 Å². The lowest BCUT2D eigenvalue weighted by molar-refractivity contribution is -0.131. The van der Waals surface area contributed by atoms with Gasteiger partial charge in [0.2, 0.25) is 5.91 Å². The predicted molar refractivity (Wildman–Crippen MR) is 121 cm³/mol. The van der Waals surface area contributed by atoms with Gasteiger partial charge in [-0.15, -0.1) is 0 Å². The summed E-state index contributed by atoms with van der Waals surface area (Å²) in [6.07, 6.45) is 9.03. The van der Waals surface area contributed by atoms with Crippen LogP contribution in [0.1, 0.15) is 47.7 Å². The van der Waals surface area contributed by atoms with Crippen LogP contribution in [0.4, 0.5) is 4.39 Å². The fourth-order valence-corrected chi connectivity index (χ4v) is 4.90. The Morgan fingerprint density at radius 2 is 2.06 bits per heavy atom. The summed E-state index contributed by atoms with van der Waals surface area (Å²) in [4.78, 5) is 19.6. The second-order valence-corrected chi connectivity index (χ2v) is 8.52. The quantitative estimate of drug-likeness (QED) is 0.545. The van der Waals surface area contributed by atoms with Crippen LogP contribution in [0.25, 0.3) is 11.8 Å². The number of carbonyl (C=O) groups is 1. The summed E-state index contributed by atoms with van der Waals surface area (Å²) < 4.78 is 21.1. The SMILES string of the molecule is COc1cc(C=C2CCCN([C@H]3CCc4cc(F)ccc43)C2=O)ccc1-n1cnc(C)c1. The summed E-state index contributed by atoms with van der Waals surface area (Å²) in [5, 5.41) is 0. The second-order valence-electron chi connectivity index (χ2n) is 8.52. The number of hydrogen-bond donors (Lipinski definition) is 0. The number of aryl methyl sites for hydroxylation is 2. The zero-order chi connectivity index (χ0) is 22.2. The van der Waals surface area contributed by atoms with Gasteiger partial charge in [0.1, 0.15) is 11.6 Å². The number of piperidine rings is 1. The van der Waals surface area contributed by atoms with Crippen molar-refractivity contribution < 1.29 is 13.9 Å². The lowest BCUT2D eigenvalue weighted by Crippen LogP contribution is -2.39. The van der Waals surface area contributed by atoms with Crippen molar-refractivity contribution in [3.8, 4) is 11.4 Å². The van der Waals surface area contributed by atoms with Gasteiger partial charge < -0.3 is 14.2 Å². The van der Waals surface area contributed by atoms with Gasteiger partial charge in [0.25, 0.3) is 0 Å². The Bertz CT molecular complexity index is 1210. The maximum atomic E-state index is 13.6. The number of halogens is 1. The number of rotatable bonds is 4. The van der Waals surface area contributed by atoms with E-state index in [1.165, 1.54) is 6.07 Å². The van der Waals surface area contributed by atoms with E-state index in [9.17, 15) is 9.18 Å². The number of likely N-dealkylation sites (tertiary alicyclic amines) is 1. The number of carbonyl (C=O) groups excluding carboxylic acids is 1. The van der Waals surface area contributed by atoms with E-state index < -0.39 is 0 Å². The molecular weight excluding hydrogens is 405 g/mol. The molecule has 0 bridgehead atoms. The van der Waals surface area contributed by atoms with Crippen LogP contribution >= 0.6 is 0 Å². The highest BCUT2D eigenvalue weighted by molar-refractivity contribution is 5.99. The van der Waals surface area contributed by atoms with Crippen LogP contribution in [0.3, 0.4) is 0 Å². The smallest absolute Gasteiger partial charge is 0.250 e. The van der Waals surface area contributed by atoms with Crippen LogP contribution in [0.5, 0.6) is 5.75 Å². The number of benzene rings is 2. The van der Waals surface area contributed by atoms with Crippen LogP contribution in [0, 0.1) is 12.7 Å². The normalized spacial score (nSPS) is 19.5. The molecule has 0 unspecified atom stereocenters. The summed E-state index contributed by atoms with van der Waals surface area (Å²) in [7, 11) is 1.65. The van der Waals surface area contributed by atoms with E-state index in [-0.39, 0.29) is 17.8 Å². The van der Waals surface area contributed by atoms with Gasteiger partial charge in [-0.05, 0) is 79.6 Å². The largest absolute Gasteiger partial charge is 0.495 e. The van der Waals surface area contributed by atoms with Crippen molar-refractivity contribution in [2.45, 2.75) is 38.6 Å². The number of imidazole rings is 1. The Labute approximate surface area is 187 Å². The number of hydrogen-bond acceptors (Lipinski definition) is 3. The third kappa shape index (κ3) is 3.70. The monoisotopic (exact) mass is 431 g/mol. The number of fused-ring (bicyclic) bond motifs is 1. The second kappa shape index (κ2) is 8.26. The number of amides is 1. The van der Waals surface area contributed by atoms with Crippen molar-refractivity contribution in [1.82, 2.24) is 14.5 Å². The molecule has 5 nitrogen and oxygen atoms in total. The zero-order valence-corrected chi connectivity index (χ0v) is 18.3. The molecule has 1 amide bonds. The number of methoxy groups -OCH3 is 1. The first kappa shape index (κ1) is 20.5. The van der Waals surface area contributed by atoms with Crippen molar-refractivity contribution in [1.29, 1.82) is 0 Å². The van der Waals surface area contributed by atoms with Crippen molar-refractivity contribution in [2.24, 2.45) is 0 Å². The van der Waals surface area contributed by atoms with E-state index in [1.807, 2.05) is 52.9 Å². The Morgan fingerprint density at radius 1 is 1.19 bits per heavy atom. The lowest BCUT2D eigenvalue weighted by atomic mass is 9.97. The van der Waals surface area contributed by atoms with E-state index in [4.69, 9.17) is 4.74 Å². The molecule has 0 radical (unpaired) electrons. The summed E-state index contributed by atoms with van der Waals surface area (Å²) in [6.45, 7) is 2.68. The molecule has 0 spiro atoms. The molecule has 1 aliphatic heterocycles. The molecule has 164 valence electrons. The molecule has 2 aliphatic rings. The first-order chi connectivity index (χ1) is 15.5.